The fourth-order valence-electron chi connectivity index (χ4n) is 10.7. The van der Waals surface area contributed by atoms with E-state index in [-0.39, 0.29) is 6.61 Å². The monoisotopic (exact) mass is 1170 g/mol. The van der Waals surface area contributed by atoms with Crippen LogP contribution in [0.1, 0.15) is 0 Å². The van der Waals surface area contributed by atoms with Crippen LogP contribution in [0.3, 0.4) is 0 Å². The Kier molecular flexibility index (Phi) is 22.4. The van der Waals surface area contributed by atoms with Crippen molar-refractivity contribution >= 4 is 0 Å². The van der Waals surface area contributed by atoms with Gasteiger partial charge in [-0.15, -0.1) is 6.58 Å². The molecule has 0 aromatic carbocycles. The van der Waals surface area contributed by atoms with Crippen molar-refractivity contribution in [2.75, 3.05) is 52.9 Å². The van der Waals surface area contributed by atoms with Crippen molar-refractivity contribution in [3.63, 3.8) is 0 Å². The molecule has 14 bridgehead atoms. The minimum atomic E-state index is -2.21. The van der Waals surface area contributed by atoms with Crippen molar-refractivity contribution < 1.29 is 173 Å². The lowest BCUT2D eigenvalue weighted by molar-refractivity contribution is -0.396. The molecule has 0 unspecified atom stereocenters. The molecular weight excluding hydrogens is 1100 g/mol. The molecule has 0 aromatic rings. The molecule has 21 aliphatic heterocycles. The molecule has 21 aliphatic rings. The van der Waals surface area contributed by atoms with Crippen molar-refractivity contribution in [2.24, 2.45) is 0 Å². The van der Waals surface area contributed by atoms with Gasteiger partial charge < -0.3 is 173 Å². The predicted octanol–water partition coefficient (Wildman–Crippen LogP) is -14.0. The van der Waals surface area contributed by atoms with E-state index in [0.717, 1.165) is 0 Å². The Bertz CT molecular complexity index is 1900. The highest BCUT2D eigenvalue weighted by Crippen LogP contribution is 2.39. The van der Waals surface area contributed by atoms with Crippen molar-refractivity contribution in [2.45, 2.75) is 215 Å². The zero-order valence-corrected chi connectivity index (χ0v) is 42.2. The highest BCUT2D eigenvalue weighted by atomic mass is 16.8. The average Bonchev–Trinajstić information content (AvgIpc) is 3.50. The van der Waals surface area contributed by atoms with Gasteiger partial charge in [-0.1, -0.05) is 6.08 Å². The second-order valence-electron chi connectivity index (χ2n) is 20.3. The van der Waals surface area contributed by atoms with Crippen molar-refractivity contribution in [3.05, 3.63) is 12.7 Å². The Morgan fingerprint density at radius 2 is 0.412 bits per heavy atom. The summed E-state index contributed by atoms with van der Waals surface area (Å²) in [5, 5.41) is 222. The predicted molar refractivity (Wildman–Crippen MR) is 242 cm³/mol. The van der Waals surface area contributed by atoms with Crippen molar-refractivity contribution in [1.29, 1.82) is 0 Å². The van der Waals surface area contributed by atoms with Crippen LogP contribution >= 0.6 is 0 Å². The van der Waals surface area contributed by atoms with Gasteiger partial charge in [0.2, 0.25) is 0 Å². The zero-order chi connectivity index (χ0) is 58.2. The smallest absolute Gasteiger partial charge is 0.187 e. The molecule has 21 fully saturated rings. The van der Waals surface area contributed by atoms with E-state index in [0.29, 0.717) is 0 Å². The molecule has 35 atom stereocenters. The Hall–Kier alpha value is -1.66. The second kappa shape index (κ2) is 27.8. The summed E-state index contributed by atoms with van der Waals surface area (Å²) in [6, 6.07) is 0. The molecule has 35 heteroatoms. The standard InChI is InChI=1S/C45H74O35/c1-2-3-66-10-17-38-24(58)31(65)45(73-17)79-37-16(9-51)71-43(29(63)22(37)56)77-35-14(7-49)69-41(27(61)20(35)54)75-33-12(5-47)67-39(25(59)18(33)52)74-32-11(4-46)68-40(26(60)19(32)53)76-34-13(6-48)70-42(28(62)21(34)55)78-36-15(8-50)72-44(80-38)30(64)23(36)57/h2,11-65H,1,3-10H2/t11-,12+,13-,14+,15-,16+,17-,18+,19+,20-,21+,22-,23+,24+,25+,26+,27-,28+,29+,30+,31+,32+,33+,34+,35+,36+,37+,38+,39+,40+,41+,42+,43+,44+,45+/m0/s1. The van der Waals surface area contributed by atoms with E-state index in [9.17, 15) is 102 Å². The number of rotatable bonds is 10. The lowest BCUT2D eigenvalue weighted by Gasteiger charge is -2.50. The molecular formula is C45H74O35. The minimum absolute atomic E-state index is 0.137. The van der Waals surface area contributed by atoms with Gasteiger partial charge in [0, 0.05) is 0 Å². The quantitative estimate of drug-likeness (QED) is 0.0713. The summed E-state index contributed by atoms with van der Waals surface area (Å²) in [6.07, 6.45) is -68.2. The van der Waals surface area contributed by atoms with E-state index in [2.05, 4.69) is 6.58 Å². The van der Waals surface area contributed by atoms with E-state index in [1.54, 1.807) is 0 Å². The average molecular weight is 1180 g/mol. The first-order valence-corrected chi connectivity index (χ1v) is 25.7. The largest absolute Gasteiger partial charge is 0.394 e. The van der Waals surface area contributed by atoms with E-state index >= 15 is 0 Å². The van der Waals surface area contributed by atoms with Crippen molar-refractivity contribution in [3.8, 4) is 0 Å². The van der Waals surface area contributed by atoms with E-state index in [1.165, 1.54) is 6.08 Å². The number of ether oxygens (including phenoxy) is 15. The van der Waals surface area contributed by atoms with E-state index in [4.69, 9.17) is 71.1 Å². The molecule has 21 rings (SSSR count). The van der Waals surface area contributed by atoms with Crippen LogP contribution in [0.15, 0.2) is 12.7 Å². The third-order valence-corrected chi connectivity index (χ3v) is 15.1. The summed E-state index contributed by atoms with van der Waals surface area (Å²) < 4.78 is 86.1. The lowest BCUT2D eigenvalue weighted by Crippen LogP contribution is -2.68. The summed E-state index contributed by atoms with van der Waals surface area (Å²) >= 11 is 0. The summed E-state index contributed by atoms with van der Waals surface area (Å²) in [6.45, 7) is -3.33. The lowest BCUT2D eigenvalue weighted by atomic mass is 9.95. The highest BCUT2D eigenvalue weighted by Gasteiger charge is 2.59. The van der Waals surface area contributed by atoms with Gasteiger partial charge in [0.05, 0.1) is 52.9 Å². The molecule has 21 heterocycles. The molecule has 0 saturated carbocycles. The van der Waals surface area contributed by atoms with Crippen LogP contribution in [0, 0.1) is 0 Å². The van der Waals surface area contributed by atoms with Gasteiger partial charge in [0.15, 0.2) is 44.0 Å². The van der Waals surface area contributed by atoms with E-state index in [1.807, 2.05) is 0 Å². The van der Waals surface area contributed by atoms with Crippen LogP contribution in [0.4, 0.5) is 0 Å². The van der Waals surface area contributed by atoms with Gasteiger partial charge in [0.25, 0.3) is 0 Å². The van der Waals surface area contributed by atoms with Gasteiger partial charge in [-0.25, -0.2) is 0 Å². The Morgan fingerprint density at radius 1 is 0.250 bits per heavy atom. The molecule has 0 radical (unpaired) electrons. The fraction of sp³-hybridized carbons (Fsp3) is 0.956. The van der Waals surface area contributed by atoms with Crippen LogP contribution in [-0.2, 0) is 71.1 Å². The first kappa shape index (κ1) is 64.3. The zero-order valence-electron chi connectivity index (χ0n) is 42.2. The molecule has 20 N–H and O–H groups in total. The van der Waals surface area contributed by atoms with Crippen LogP contribution in [0.5, 0.6) is 0 Å². The van der Waals surface area contributed by atoms with Crippen LogP contribution in [0.25, 0.3) is 0 Å². The summed E-state index contributed by atoms with van der Waals surface area (Å²) in [4.78, 5) is 0. The molecule has 464 valence electrons. The van der Waals surface area contributed by atoms with Crippen LogP contribution in [-0.4, -0.2) is 370 Å². The van der Waals surface area contributed by atoms with Crippen LogP contribution in [0.2, 0.25) is 0 Å². The molecule has 0 amide bonds. The number of hydrogen-bond acceptors (Lipinski definition) is 35. The SMILES string of the molecule is C=CCOC[C@@H]1O[C@@H]2O[C@H]3[C@@H](O)[C@@H](O)[C@@H](O[C@H]4[C@@H](O)[C@H](O)[C@@H](O[C@H]5[C@H](O)[C@@H](O)[C@@H](O[C@H]6[C@H](O)[C@@H](O)[C@@H](O[C@H]7[C@H](O)[C@@H](O)[C@@H](O[C@H]8[C@H](O)[C@@H](O)[C@@H](O[C@H]1[C@H](O)[C@H]2O)O[C@H]8CO)O[C@H]7CO)O[C@H]6CO)O[C@@H]5CO)O[C@@H]4CO)O[C@@H]3CO. The van der Waals surface area contributed by atoms with Crippen molar-refractivity contribution in [1.82, 2.24) is 0 Å². The van der Waals surface area contributed by atoms with Gasteiger partial charge in [-0.05, 0) is 0 Å². The normalized spacial score (nSPS) is 53.7. The first-order valence-electron chi connectivity index (χ1n) is 25.7. The number of aliphatic hydroxyl groups excluding tert-OH is 20. The maximum absolute atomic E-state index is 11.6. The van der Waals surface area contributed by atoms with Gasteiger partial charge in [-0.3, -0.25) is 0 Å². The van der Waals surface area contributed by atoms with E-state index < -0.39 is 261 Å². The topological polar surface area (TPSA) is 543 Å². The molecule has 80 heavy (non-hydrogen) atoms. The van der Waals surface area contributed by atoms with Gasteiger partial charge in [-0.2, -0.15) is 0 Å². The Balaban J connectivity index is 1.09. The van der Waals surface area contributed by atoms with Gasteiger partial charge in [0.1, 0.15) is 171 Å². The molecule has 0 spiro atoms. The first-order chi connectivity index (χ1) is 38.2. The minimum Gasteiger partial charge on any atom is -0.394 e. The summed E-state index contributed by atoms with van der Waals surface area (Å²) in [5.74, 6) is 0. The third-order valence-electron chi connectivity index (χ3n) is 15.1. The second-order valence-corrected chi connectivity index (χ2v) is 20.3. The summed E-state index contributed by atoms with van der Waals surface area (Å²) in [5.41, 5.74) is 0. The number of hydrogen-bond donors (Lipinski definition) is 20. The number of aliphatic hydroxyl groups is 20. The Labute approximate surface area is 453 Å². The maximum Gasteiger partial charge on any atom is 0.187 e. The maximum atomic E-state index is 11.6. The van der Waals surface area contributed by atoms with Crippen LogP contribution < -0.4 is 0 Å². The Morgan fingerprint density at radius 3 is 0.575 bits per heavy atom. The highest BCUT2D eigenvalue weighted by molar-refractivity contribution is 5.02. The third kappa shape index (κ3) is 12.9. The molecule has 0 aromatic heterocycles. The molecule has 21 saturated heterocycles. The molecule has 35 nitrogen and oxygen atoms in total. The fourth-order valence-corrected chi connectivity index (χ4v) is 10.7. The summed E-state index contributed by atoms with van der Waals surface area (Å²) in [7, 11) is 0. The molecule has 0 aliphatic carbocycles. The van der Waals surface area contributed by atoms with Gasteiger partial charge >= 0.3 is 0 Å².